The van der Waals surface area contributed by atoms with Gasteiger partial charge in [0, 0.05) is 24.6 Å². The van der Waals surface area contributed by atoms with Gasteiger partial charge in [-0.3, -0.25) is 9.59 Å². The number of benzene rings is 2. The van der Waals surface area contributed by atoms with Crippen molar-refractivity contribution in [2.24, 2.45) is 0 Å². The van der Waals surface area contributed by atoms with Crippen molar-refractivity contribution in [2.75, 3.05) is 0 Å². The average Bonchev–Trinajstić information content (AvgIpc) is 3.36. The zero-order valence-electron chi connectivity index (χ0n) is 16.4. The third kappa shape index (κ3) is 4.09. The quantitative estimate of drug-likeness (QED) is 0.662. The predicted molar refractivity (Wildman–Crippen MR) is 110 cm³/mol. The second-order valence-electron chi connectivity index (χ2n) is 7.43. The van der Waals surface area contributed by atoms with Crippen LogP contribution in [0.25, 0.3) is 0 Å². The lowest BCUT2D eigenvalue weighted by Gasteiger charge is -2.28. The molecule has 0 saturated heterocycles. The molecule has 2 heterocycles. The Bertz CT molecular complexity index is 982. The number of amides is 2. The van der Waals surface area contributed by atoms with E-state index in [1.54, 1.807) is 11.2 Å². The van der Waals surface area contributed by atoms with E-state index in [2.05, 4.69) is 5.32 Å². The molecule has 0 fully saturated rings. The summed E-state index contributed by atoms with van der Waals surface area (Å²) in [5.41, 5.74) is 2.44. The summed E-state index contributed by atoms with van der Waals surface area (Å²) in [5, 5.41) is 3.09. The standard InChI is InChI=1S/C24H24N2O3/c1-17(13-14-20-11-7-15-29-20)25-23(27)22(18-8-3-2-4-9-18)26-16-19-10-5-6-12-21(19)24(26)28/h2-12,15,17,22H,13-14,16H2,1H3,(H,25,27)/t17?,22-/m1/s1. The van der Waals surface area contributed by atoms with Crippen LogP contribution in [0.1, 0.15) is 46.6 Å². The van der Waals surface area contributed by atoms with Crippen molar-refractivity contribution in [1.82, 2.24) is 10.2 Å². The highest BCUT2D eigenvalue weighted by Gasteiger charge is 2.37. The zero-order valence-corrected chi connectivity index (χ0v) is 16.4. The van der Waals surface area contributed by atoms with Gasteiger partial charge in [0.05, 0.1) is 6.26 Å². The summed E-state index contributed by atoms with van der Waals surface area (Å²) in [7, 11) is 0. The number of nitrogens with zero attached hydrogens (tertiary/aromatic N) is 1. The third-order valence-electron chi connectivity index (χ3n) is 5.32. The fraction of sp³-hybridized carbons (Fsp3) is 0.250. The van der Waals surface area contributed by atoms with Crippen LogP contribution in [-0.4, -0.2) is 22.8 Å². The van der Waals surface area contributed by atoms with Crippen LogP contribution in [-0.2, 0) is 17.8 Å². The highest BCUT2D eigenvalue weighted by Crippen LogP contribution is 2.31. The van der Waals surface area contributed by atoms with Crippen molar-refractivity contribution >= 4 is 11.8 Å². The summed E-state index contributed by atoms with van der Waals surface area (Å²) in [6.07, 6.45) is 3.16. The summed E-state index contributed by atoms with van der Waals surface area (Å²) in [6.45, 7) is 2.41. The van der Waals surface area contributed by atoms with Gasteiger partial charge in [-0.15, -0.1) is 0 Å². The first-order valence-electron chi connectivity index (χ1n) is 9.90. The van der Waals surface area contributed by atoms with Crippen molar-refractivity contribution in [3.8, 4) is 0 Å². The van der Waals surface area contributed by atoms with Crippen molar-refractivity contribution in [1.29, 1.82) is 0 Å². The van der Waals surface area contributed by atoms with E-state index in [1.807, 2.05) is 73.7 Å². The van der Waals surface area contributed by atoms with Crippen LogP contribution in [0, 0.1) is 0 Å². The first kappa shape index (κ1) is 19.0. The number of furan rings is 1. The number of aryl methyl sites for hydroxylation is 1. The third-order valence-corrected chi connectivity index (χ3v) is 5.32. The number of hydrogen-bond donors (Lipinski definition) is 1. The van der Waals surface area contributed by atoms with Gasteiger partial charge in [0.2, 0.25) is 5.91 Å². The summed E-state index contributed by atoms with van der Waals surface area (Å²) in [6, 6.07) is 20.1. The molecule has 2 amide bonds. The van der Waals surface area contributed by atoms with Gasteiger partial charge in [-0.05, 0) is 42.7 Å². The van der Waals surface area contributed by atoms with Gasteiger partial charge < -0.3 is 14.6 Å². The Morgan fingerprint density at radius 2 is 1.83 bits per heavy atom. The summed E-state index contributed by atoms with van der Waals surface area (Å²) >= 11 is 0. The maximum atomic E-state index is 13.3. The lowest BCUT2D eigenvalue weighted by atomic mass is 10.0. The maximum absolute atomic E-state index is 13.3. The largest absolute Gasteiger partial charge is 0.469 e. The normalized spacial score (nSPS) is 15.1. The van der Waals surface area contributed by atoms with E-state index < -0.39 is 6.04 Å². The molecule has 4 rings (SSSR count). The number of nitrogens with one attached hydrogen (secondary N) is 1. The van der Waals surface area contributed by atoms with E-state index in [4.69, 9.17) is 4.42 Å². The number of hydrogen-bond acceptors (Lipinski definition) is 3. The van der Waals surface area contributed by atoms with E-state index in [9.17, 15) is 9.59 Å². The van der Waals surface area contributed by atoms with E-state index in [0.717, 1.165) is 29.7 Å². The van der Waals surface area contributed by atoms with Gasteiger partial charge in [-0.25, -0.2) is 0 Å². The molecule has 1 N–H and O–H groups in total. The minimum absolute atomic E-state index is 0.0427. The van der Waals surface area contributed by atoms with Crippen molar-refractivity contribution in [2.45, 2.75) is 38.4 Å². The molecule has 1 aliphatic rings. The van der Waals surface area contributed by atoms with Crippen molar-refractivity contribution in [3.63, 3.8) is 0 Å². The molecule has 5 nitrogen and oxygen atoms in total. The molecular formula is C24H24N2O3. The Hall–Kier alpha value is -3.34. The topological polar surface area (TPSA) is 62.6 Å². The molecule has 1 aliphatic heterocycles. The number of fused-ring (bicyclic) bond motifs is 1. The molecule has 29 heavy (non-hydrogen) atoms. The lowest BCUT2D eigenvalue weighted by molar-refractivity contribution is -0.126. The Balaban J connectivity index is 1.52. The van der Waals surface area contributed by atoms with Gasteiger partial charge >= 0.3 is 0 Å². The molecule has 1 aromatic heterocycles. The molecule has 0 radical (unpaired) electrons. The molecule has 5 heteroatoms. The lowest BCUT2D eigenvalue weighted by Crippen LogP contribution is -2.44. The Labute approximate surface area is 170 Å². The number of rotatable bonds is 7. The highest BCUT2D eigenvalue weighted by atomic mass is 16.3. The van der Waals surface area contributed by atoms with Crippen LogP contribution in [0.3, 0.4) is 0 Å². The number of carbonyl (C=O) groups excluding carboxylic acids is 2. The van der Waals surface area contributed by atoms with Gasteiger partial charge in [-0.1, -0.05) is 48.5 Å². The molecule has 1 unspecified atom stereocenters. The van der Waals surface area contributed by atoms with Gasteiger partial charge in [0.25, 0.3) is 5.91 Å². The predicted octanol–water partition coefficient (Wildman–Crippen LogP) is 4.11. The maximum Gasteiger partial charge on any atom is 0.255 e. The molecule has 0 aliphatic carbocycles. The van der Waals surface area contributed by atoms with Gasteiger partial charge in [0.15, 0.2) is 0 Å². The Morgan fingerprint density at radius 1 is 1.07 bits per heavy atom. The van der Waals surface area contributed by atoms with Gasteiger partial charge in [0.1, 0.15) is 11.8 Å². The molecule has 2 atom stereocenters. The van der Waals surface area contributed by atoms with Crippen LogP contribution in [0.15, 0.2) is 77.4 Å². The van der Waals surface area contributed by atoms with Crippen LogP contribution in [0.5, 0.6) is 0 Å². The van der Waals surface area contributed by atoms with E-state index in [-0.39, 0.29) is 17.9 Å². The fourth-order valence-electron chi connectivity index (χ4n) is 3.80. The average molecular weight is 388 g/mol. The van der Waals surface area contributed by atoms with E-state index in [1.165, 1.54) is 0 Å². The summed E-state index contributed by atoms with van der Waals surface area (Å²) < 4.78 is 5.37. The second kappa shape index (κ2) is 8.35. The molecule has 2 aromatic carbocycles. The molecule has 0 bridgehead atoms. The fourth-order valence-corrected chi connectivity index (χ4v) is 3.80. The van der Waals surface area contributed by atoms with Crippen molar-refractivity contribution < 1.29 is 14.0 Å². The Morgan fingerprint density at radius 3 is 2.55 bits per heavy atom. The molecule has 0 spiro atoms. The van der Waals surface area contributed by atoms with Crippen LogP contribution in [0.2, 0.25) is 0 Å². The molecule has 3 aromatic rings. The minimum atomic E-state index is -0.665. The monoisotopic (exact) mass is 388 g/mol. The molecule has 0 saturated carbocycles. The van der Waals surface area contributed by atoms with Crippen LogP contribution >= 0.6 is 0 Å². The second-order valence-corrected chi connectivity index (χ2v) is 7.43. The SMILES string of the molecule is CC(CCc1ccco1)NC(=O)[C@@H](c1ccccc1)N1Cc2ccccc2C1=O. The molecular weight excluding hydrogens is 364 g/mol. The first-order valence-corrected chi connectivity index (χ1v) is 9.90. The molecule has 148 valence electrons. The number of carbonyl (C=O) groups is 2. The van der Waals surface area contributed by atoms with E-state index in [0.29, 0.717) is 12.1 Å². The first-order chi connectivity index (χ1) is 14.1. The zero-order chi connectivity index (χ0) is 20.2. The summed E-state index contributed by atoms with van der Waals surface area (Å²) in [4.78, 5) is 27.9. The Kier molecular flexibility index (Phi) is 5.47. The van der Waals surface area contributed by atoms with Gasteiger partial charge in [-0.2, -0.15) is 0 Å². The van der Waals surface area contributed by atoms with Crippen LogP contribution in [0.4, 0.5) is 0 Å². The minimum Gasteiger partial charge on any atom is -0.469 e. The van der Waals surface area contributed by atoms with Crippen molar-refractivity contribution in [3.05, 3.63) is 95.4 Å². The smallest absolute Gasteiger partial charge is 0.255 e. The summed E-state index contributed by atoms with van der Waals surface area (Å²) in [5.74, 6) is 0.632. The highest BCUT2D eigenvalue weighted by molar-refractivity contribution is 6.01. The van der Waals surface area contributed by atoms with Crippen LogP contribution < -0.4 is 5.32 Å². The van der Waals surface area contributed by atoms with E-state index >= 15 is 0 Å².